The zero-order valence-electron chi connectivity index (χ0n) is 13.2. The van der Waals surface area contributed by atoms with Crippen molar-refractivity contribution in [3.63, 3.8) is 0 Å². The van der Waals surface area contributed by atoms with Crippen LogP contribution in [0.15, 0.2) is 12.2 Å². The van der Waals surface area contributed by atoms with E-state index in [1.807, 2.05) is 0 Å². The Morgan fingerprint density at radius 2 is 2.14 bits per heavy atom. The summed E-state index contributed by atoms with van der Waals surface area (Å²) in [6.07, 6.45) is 8.92. The number of aliphatic hydroxyl groups is 2. The first kappa shape index (κ1) is 17.0. The summed E-state index contributed by atoms with van der Waals surface area (Å²) in [4.78, 5) is 22.9. The Bertz CT molecular complexity index is 477. The second kappa shape index (κ2) is 6.38. The summed E-state index contributed by atoms with van der Waals surface area (Å²) in [5.74, 6) is -0.700. The number of carbonyl (C=O) groups excluding carboxylic acids is 2. The lowest BCUT2D eigenvalue weighted by Gasteiger charge is -2.50. The number of amides is 1. The zero-order valence-corrected chi connectivity index (χ0v) is 13.2. The van der Waals surface area contributed by atoms with Crippen molar-refractivity contribution in [1.82, 2.24) is 5.32 Å². The summed E-state index contributed by atoms with van der Waals surface area (Å²) in [6, 6.07) is 0. The summed E-state index contributed by atoms with van der Waals surface area (Å²) in [5.41, 5.74) is -2.33. The summed E-state index contributed by atoms with van der Waals surface area (Å²) in [6.45, 7) is 3.24. The molecule has 22 heavy (non-hydrogen) atoms. The molecule has 0 saturated carbocycles. The van der Waals surface area contributed by atoms with Gasteiger partial charge >= 0.3 is 5.97 Å². The number of nitrogens with one attached hydrogen (secondary N) is 1. The molecule has 0 aromatic heterocycles. The third kappa shape index (κ3) is 2.54. The number of aliphatic hydroxyl groups excluding tert-OH is 2. The zero-order chi connectivity index (χ0) is 16.4. The summed E-state index contributed by atoms with van der Waals surface area (Å²) in [7, 11) is 0. The number of ether oxygens (including phenoxy) is 1. The van der Waals surface area contributed by atoms with Crippen molar-refractivity contribution in [2.45, 2.75) is 50.7 Å². The average molecular weight is 311 g/mol. The molecule has 1 aliphatic carbocycles. The average Bonchev–Trinajstić information content (AvgIpc) is 2.66. The molecular weight excluding hydrogens is 286 g/mol. The first-order valence-corrected chi connectivity index (χ1v) is 7.85. The molecule has 6 nitrogen and oxygen atoms in total. The molecule has 0 radical (unpaired) electrons. The molecule has 0 unspecified atom stereocenters. The van der Waals surface area contributed by atoms with Crippen molar-refractivity contribution < 1.29 is 24.5 Å². The van der Waals surface area contributed by atoms with Crippen LogP contribution in [0.2, 0.25) is 0 Å². The van der Waals surface area contributed by atoms with E-state index in [1.165, 1.54) is 19.3 Å². The molecule has 3 rings (SSSR count). The highest BCUT2D eigenvalue weighted by Crippen LogP contribution is 2.49. The van der Waals surface area contributed by atoms with Gasteiger partial charge in [-0.25, -0.2) is 4.79 Å². The van der Waals surface area contributed by atoms with Gasteiger partial charge in [-0.1, -0.05) is 19.1 Å². The Labute approximate surface area is 130 Å². The maximum absolute atomic E-state index is 11.6. The Hall–Kier alpha value is -1.40. The van der Waals surface area contributed by atoms with Crippen LogP contribution in [0.4, 0.5) is 0 Å². The predicted molar refractivity (Wildman–Crippen MR) is 79.8 cm³/mol. The van der Waals surface area contributed by atoms with Crippen molar-refractivity contribution in [1.29, 1.82) is 0 Å². The van der Waals surface area contributed by atoms with Gasteiger partial charge in [0, 0.05) is 6.61 Å². The van der Waals surface area contributed by atoms with Crippen LogP contribution in [0.3, 0.4) is 0 Å². The Kier molecular flexibility index (Phi) is 4.92. The number of rotatable bonds is 3. The predicted octanol–water partition coefficient (Wildman–Crippen LogP) is 0.524. The number of hydrogen-bond donors (Lipinski definition) is 3. The Morgan fingerprint density at radius 1 is 1.41 bits per heavy atom. The minimum absolute atomic E-state index is 0.160. The monoisotopic (exact) mass is 311 g/mol. The van der Waals surface area contributed by atoms with E-state index >= 15 is 0 Å². The van der Waals surface area contributed by atoms with E-state index < -0.39 is 29.6 Å². The number of esters is 1. The molecule has 1 amide bonds. The van der Waals surface area contributed by atoms with Crippen molar-refractivity contribution in [3.8, 4) is 0 Å². The lowest BCUT2D eigenvalue weighted by Crippen LogP contribution is -2.76. The van der Waals surface area contributed by atoms with Crippen molar-refractivity contribution >= 4 is 11.9 Å². The second-order valence-corrected chi connectivity index (χ2v) is 6.45. The quantitative estimate of drug-likeness (QED) is 0.522. The van der Waals surface area contributed by atoms with E-state index in [0.29, 0.717) is 0 Å². The van der Waals surface area contributed by atoms with Crippen LogP contribution in [0.5, 0.6) is 0 Å². The summed E-state index contributed by atoms with van der Waals surface area (Å²) < 4.78 is 4.99. The van der Waals surface area contributed by atoms with Gasteiger partial charge in [-0.05, 0) is 38.5 Å². The third-order valence-corrected chi connectivity index (χ3v) is 4.97. The molecule has 2 heterocycles. The van der Waals surface area contributed by atoms with Crippen LogP contribution >= 0.6 is 0 Å². The third-order valence-electron chi connectivity index (χ3n) is 4.97. The van der Waals surface area contributed by atoms with E-state index in [-0.39, 0.29) is 18.9 Å². The molecule has 4 atom stereocenters. The van der Waals surface area contributed by atoms with E-state index in [1.54, 1.807) is 6.92 Å². The smallest absolute Gasteiger partial charge is 0.339 e. The molecule has 3 aliphatic rings. The largest absolute Gasteiger partial charge is 0.453 e. The van der Waals surface area contributed by atoms with Gasteiger partial charge in [0.1, 0.15) is 0 Å². The minimum atomic E-state index is -1.30. The Morgan fingerprint density at radius 3 is 2.50 bits per heavy atom. The second-order valence-electron chi connectivity index (χ2n) is 6.45. The van der Waals surface area contributed by atoms with Crippen LogP contribution in [-0.4, -0.2) is 46.4 Å². The van der Waals surface area contributed by atoms with Crippen LogP contribution in [0.1, 0.15) is 39.5 Å². The van der Waals surface area contributed by atoms with Crippen LogP contribution in [0.25, 0.3) is 0 Å². The van der Waals surface area contributed by atoms with Gasteiger partial charge in [0.2, 0.25) is 11.4 Å². The molecule has 0 aromatic carbocycles. The fourth-order valence-corrected chi connectivity index (χ4v) is 3.39. The molecule has 0 spiro atoms. The lowest BCUT2D eigenvalue weighted by molar-refractivity contribution is -0.225. The fourth-order valence-electron chi connectivity index (χ4n) is 3.39. The van der Waals surface area contributed by atoms with Crippen LogP contribution in [-0.2, 0) is 14.3 Å². The van der Waals surface area contributed by atoms with Gasteiger partial charge < -0.3 is 20.3 Å². The Balaban J connectivity index is 0.000000211. The standard InChI is InChI=1S/C9H13NO5.C7H12/c1-8-5(2-3-11)6(13)10-9(8,4-12)7(14)15-8;1-7-5-3-2-4-6-7/h5,11-12H,2-4H2,1H3,(H,10,13);3,5,7H,2,4,6H2,1H3/t5-,8-,9-;7-/m01/s1. The SMILES string of the molecule is C[C@@H]1C=CCCC1.C[C@@]12OC(=O)[C@]1(CO)NC(=O)[C@@H]2CCO. The van der Waals surface area contributed by atoms with Gasteiger partial charge in [0.25, 0.3) is 0 Å². The van der Waals surface area contributed by atoms with Crippen molar-refractivity contribution in [2.75, 3.05) is 13.2 Å². The number of allylic oxidation sites excluding steroid dienone is 2. The summed E-state index contributed by atoms with van der Waals surface area (Å²) in [5, 5.41) is 20.5. The van der Waals surface area contributed by atoms with Crippen LogP contribution in [0, 0.1) is 11.8 Å². The maximum atomic E-state index is 11.6. The molecule has 0 bridgehead atoms. The first-order valence-electron chi connectivity index (χ1n) is 7.85. The normalized spacial score (nSPS) is 39.1. The van der Waals surface area contributed by atoms with Gasteiger partial charge in [-0.3, -0.25) is 4.79 Å². The molecular formula is C16H25NO5. The fraction of sp³-hybridized carbons (Fsp3) is 0.750. The minimum Gasteiger partial charge on any atom is -0.453 e. The highest BCUT2D eigenvalue weighted by molar-refractivity contribution is 6.01. The summed E-state index contributed by atoms with van der Waals surface area (Å²) >= 11 is 0. The molecule has 3 N–H and O–H groups in total. The molecule has 2 fully saturated rings. The maximum Gasteiger partial charge on any atom is 0.339 e. The van der Waals surface area contributed by atoms with E-state index in [4.69, 9.17) is 9.84 Å². The molecule has 2 saturated heterocycles. The molecule has 124 valence electrons. The van der Waals surface area contributed by atoms with Gasteiger partial charge in [-0.15, -0.1) is 0 Å². The highest BCUT2D eigenvalue weighted by atomic mass is 16.6. The van der Waals surface area contributed by atoms with Crippen molar-refractivity contribution in [3.05, 3.63) is 12.2 Å². The first-order chi connectivity index (χ1) is 10.4. The van der Waals surface area contributed by atoms with E-state index in [9.17, 15) is 14.7 Å². The molecule has 0 aromatic rings. The van der Waals surface area contributed by atoms with E-state index in [2.05, 4.69) is 24.4 Å². The van der Waals surface area contributed by atoms with Gasteiger partial charge in [-0.2, -0.15) is 0 Å². The number of carbonyl (C=O) groups is 2. The highest BCUT2D eigenvalue weighted by Gasteiger charge is 2.76. The van der Waals surface area contributed by atoms with E-state index in [0.717, 1.165) is 5.92 Å². The molecule has 2 aliphatic heterocycles. The lowest BCUT2D eigenvalue weighted by atomic mass is 9.71. The van der Waals surface area contributed by atoms with Gasteiger partial charge in [0.15, 0.2) is 5.60 Å². The number of hydrogen-bond acceptors (Lipinski definition) is 5. The van der Waals surface area contributed by atoms with Crippen LogP contribution < -0.4 is 5.32 Å². The van der Waals surface area contributed by atoms with Gasteiger partial charge in [0.05, 0.1) is 12.5 Å². The number of fused-ring (bicyclic) bond motifs is 1. The molecule has 6 heteroatoms. The van der Waals surface area contributed by atoms with Crippen molar-refractivity contribution in [2.24, 2.45) is 11.8 Å². The topological polar surface area (TPSA) is 95.9 Å².